The molecular formula is C118H82N12. The third-order valence-electron chi connectivity index (χ3n) is 25.4. The Bertz CT molecular complexity index is 8470. The summed E-state index contributed by atoms with van der Waals surface area (Å²) in [5, 5.41) is 9.19. The van der Waals surface area contributed by atoms with Crippen LogP contribution in [0.1, 0.15) is 27.8 Å². The lowest BCUT2D eigenvalue weighted by molar-refractivity contribution is 1.06. The molecule has 6 heterocycles. The summed E-state index contributed by atoms with van der Waals surface area (Å²) >= 11 is 0. The molecule has 0 atom stereocenters. The van der Waals surface area contributed by atoms with Gasteiger partial charge in [0.15, 0.2) is 34.9 Å². The molecule has 18 aromatic carbocycles. The summed E-state index contributed by atoms with van der Waals surface area (Å²) in [6, 6.07) is 154. The minimum absolute atomic E-state index is 0.547. The normalized spacial score (nSPS) is 11.7. The predicted octanol–water partition coefficient (Wildman–Crippen LogP) is 29.9. The van der Waals surface area contributed by atoms with E-state index in [1.807, 2.05) is 36.4 Å². The van der Waals surface area contributed by atoms with Crippen LogP contribution in [0, 0.1) is 20.8 Å². The van der Waals surface area contributed by atoms with E-state index >= 15 is 0 Å². The number of benzene rings is 18. The van der Waals surface area contributed by atoms with Crippen molar-refractivity contribution in [2.24, 2.45) is 0 Å². The molecule has 0 bridgehead atoms. The Morgan fingerprint density at radius 3 is 0.869 bits per heavy atom. The summed E-state index contributed by atoms with van der Waals surface area (Å²) in [4.78, 5) is 37.7. The summed E-state index contributed by atoms with van der Waals surface area (Å²) in [5.41, 5.74) is 30.0. The molecule has 12 heteroatoms. The molecule has 0 aliphatic carbocycles. The summed E-state index contributed by atoms with van der Waals surface area (Å²) in [6.45, 7) is 6.51. The lowest BCUT2D eigenvalue weighted by Crippen LogP contribution is -2.12. The molecule has 0 unspecified atom stereocenters. The zero-order valence-electron chi connectivity index (χ0n) is 71.6. The monoisotopic (exact) mass is 1670 g/mol. The first-order chi connectivity index (χ1) is 64.2. The van der Waals surface area contributed by atoms with Gasteiger partial charge in [0, 0.05) is 111 Å². The number of rotatable bonds is 18. The van der Waals surface area contributed by atoms with Crippen molar-refractivity contribution in [1.29, 1.82) is 0 Å². The molecule has 24 rings (SSSR count). The van der Waals surface area contributed by atoms with E-state index in [4.69, 9.17) is 29.9 Å². The first-order valence-electron chi connectivity index (χ1n) is 44.2. The van der Waals surface area contributed by atoms with Crippen molar-refractivity contribution in [2.75, 3.05) is 9.80 Å². The van der Waals surface area contributed by atoms with Crippen molar-refractivity contribution in [1.82, 2.24) is 48.2 Å². The highest BCUT2D eigenvalue weighted by Gasteiger charge is 2.29. The summed E-state index contributed by atoms with van der Waals surface area (Å²) in [7, 11) is 0. The number of fused-ring (bicyclic) bond motifs is 12. The molecule has 0 N–H and O–H groups in total. The van der Waals surface area contributed by atoms with Gasteiger partial charge in [-0.2, -0.15) is 0 Å². The van der Waals surface area contributed by atoms with Gasteiger partial charge in [0.05, 0.1) is 66.9 Å². The second kappa shape index (κ2) is 31.8. The molecule has 0 amide bonds. The van der Waals surface area contributed by atoms with Crippen molar-refractivity contribution >= 4 is 121 Å². The molecule has 0 saturated carbocycles. The predicted molar refractivity (Wildman–Crippen MR) is 536 cm³/mol. The second-order valence-corrected chi connectivity index (χ2v) is 33.6. The van der Waals surface area contributed by atoms with E-state index < -0.39 is 0 Å². The van der Waals surface area contributed by atoms with Gasteiger partial charge in [-0.25, -0.2) is 29.9 Å². The third-order valence-corrected chi connectivity index (χ3v) is 25.4. The van der Waals surface area contributed by atoms with Gasteiger partial charge < -0.3 is 28.1 Å². The Balaban J connectivity index is 0.600. The van der Waals surface area contributed by atoms with Crippen molar-refractivity contribution in [3.8, 4) is 91.1 Å². The summed E-state index contributed by atoms with van der Waals surface area (Å²) in [6.07, 6.45) is 0.648. The fourth-order valence-corrected chi connectivity index (χ4v) is 19.6. The van der Waals surface area contributed by atoms with E-state index in [0.29, 0.717) is 41.4 Å². The summed E-state index contributed by atoms with van der Waals surface area (Å²) < 4.78 is 9.54. The first-order valence-corrected chi connectivity index (χ1v) is 44.2. The van der Waals surface area contributed by atoms with Crippen LogP contribution >= 0.6 is 0 Å². The number of hydrogen-bond donors (Lipinski definition) is 0. The van der Waals surface area contributed by atoms with Crippen LogP contribution in [0.5, 0.6) is 0 Å². The van der Waals surface area contributed by atoms with Crippen molar-refractivity contribution < 1.29 is 0 Å². The van der Waals surface area contributed by atoms with Crippen molar-refractivity contribution in [3.63, 3.8) is 0 Å². The molecule has 24 aromatic rings. The minimum atomic E-state index is 0.547. The second-order valence-electron chi connectivity index (χ2n) is 33.6. The van der Waals surface area contributed by atoms with Crippen LogP contribution in [-0.2, 0) is 6.42 Å². The summed E-state index contributed by atoms with van der Waals surface area (Å²) in [5.74, 6) is 3.40. The SMILES string of the molecule is Cc1ccc2c(c1)c1cc(C)ccc1n2-c1ccccc1-c1nc(-c2ccccc2)nc(-c2ccccc2-n2c3ccc(C)cc3c3cc(Cc4ccccc4N(c4ccccc4)c4ccc5c(c4)c4ccccc4n5-c4ccccc4-c4nc(-c5ccccc5)nc(-c5ccccc5-n5c6ccccc6c6cc(N(c7ccccc7)c7ccccc7)ccc65)n4)ccc32)n1. The molecular weight excluding hydrogens is 1590 g/mol. The van der Waals surface area contributed by atoms with E-state index in [1.54, 1.807) is 0 Å². The van der Waals surface area contributed by atoms with Crippen LogP contribution in [0.25, 0.3) is 178 Å². The molecule has 0 radical (unpaired) electrons. The molecule has 0 aliphatic heterocycles. The van der Waals surface area contributed by atoms with Gasteiger partial charge in [-0.3, -0.25) is 0 Å². The van der Waals surface area contributed by atoms with E-state index in [-0.39, 0.29) is 0 Å². The lowest BCUT2D eigenvalue weighted by Gasteiger charge is -2.28. The molecule has 0 fully saturated rings. The zero-order valence-corrected chi connectivity index (χ0v) is 71.6. The first kappa shape index (κ1) is 76.4. The number of nitrogens with zero attached hydrogens (tertiary/aromatic N) is 12. The standard InChI is InChI=1S/C118H82N12/c1-76-57-63-107-94(69-76)95-70-77(2)58-64-108(95)129(107)105-55-31-24-48-92(105)117-121-114(81-35-11-5-12-36-81)122-118(124-117)93-49-25-32-56-106(93)130-109-65-59-78(3)71-96(109)97-73-79(60-66-110(97)130)72-82-37-19-26-50-100(82)126(85-42-17-8-18-43-85)87-62-68-112-99(75-87)89-45-21-28-52-102(89)128(112)104-54-30-23-47-91(104)116-120-113(80-33-9-4-10-34-80)119-115(123-116)90-46-22-29-53-103(90)127-101-51-27-20-44-88(101)98-74-86(61-67-111(98)127)125(83-38-13-6-14-39-83)84-40-15-7-16-41-84/h4-71,73-75H,72H2,1-3H3. The third kappa shape index (κ3) is 13.2. The van der Waals surface area contributed by atoms with Crippen molar-refractivity contribution in [3.05, 3.63) is 459 Å². The van der Waals surface area contributed by atoms with Gasteiger partial charge in [-0.1, -0.05) is 259 Å². The van der Waals surface area contributed by atoms with Gasteiger partial charge in [-0.15, -0.1) is 0 Å². The van der Waals surface area contributed by atoms with Crippen LogP contribution < -0.4 is 9.80 Å². The molecule has 614 valence electrons. The van der Waals surface area contributed by atoms with Gasteiger partial charge in [-0.05, 0) is 226 Å². The van der Waals surface area contributed by atoms with Gasteiger partial charge in [0.1, 0.15) is 0 Å². The maximum absolute atomic E-state index is 5.64. The molecule has 12 nitrogen and oxygen atoms in total. The molecule has 6 aromatic heterocycles. The van der Waals surface area contributed by atoms with E-state index in [2.05, 4.69) is 443 Å². The van der Waals surface area contributed by atoms with Crippen LogP contribution in [0.3, 0.4) is 0 Å². The van der Waals surface area contributed by atoms with Gasteiger partial charge in [0.2, 0.25) is 0 Å². The zero-order chi connectivity index (χ0) is 86.4. The Morgan fingerprint density at radius 1 is 0.200 bits per heavy atom. The highest BCUT2D eigenvalue weighted by molar-refractivity contribution is 6.15. The van der Waals surface area contributed by atoms with Gasteiger partial charge >= 0.3 is 0 Å². The topological polar surface area (TPSA) is 104 Å². The number of hydrogen-bond acceptors (Lipinski definition) is 8. The highest BCUT2D eigenvalue weighted by atomic mass is 15.2. The molecule has 0 aliphatic rings. The van der Waals surface area contributed by atoms with Crippen LogP contribution in [0.15, 0.2) is 431 Å². The average Bonchev–Trinajstić information content (AvgIpc) is 1.54. The largest absolute Gasteiger partial charge is 0.310 e. The quantitative estimate of drug-likeness (QED) is 0.0837. The Morgan fingerprint density at radius 2 is 0.477 bits per heavy atom. The smallest absolute Gasteiger partial charge is 0.166 e. The number of para-hydroxylation sites is 10. The molecule has 130 heavy (non-hydrogen) atoms. The maximum Gasteiger partial charge on any atom is 0.166 e. The molecule has 0 spiro atoms. The highest BCUT2D eigenvalue weighted by Crippen LogP contribution is 2.48. The molecule has 0 saturated heterocycles. The maximum atomic E-state index is 5.64. The Kier molecular flexibility index (Phi) is 18.7. The minimum Gasteiger partial charge on any atom is -0.310 e. The Labute approximate surface area is 751 Å². The number of aryl methyl sites for hydroxylation is 3. The fourth-order valence-electron chi connectivity index (χ4n) is 19.6. The van der Waals surface area contributed by atoms with E-state index in [0.717, 1.165) is 167 Å². The lowest BCUT2D eigenvalue weighted by atomic mass is 9.99. The van der Waals surface area contributed by atoms with Crippen LogP contribution in [-0.4, -0.2) is 48.2 Å². The van der Waals surface area contributed by atoms with Crippen molar-refractivity contribution in [2.45, 2.75) is 27.2 Å². The van der Waals surface area contributed by atoms with Crippen LogP contribution in [0.4, 0.5) is 34.1 Å². The number of anilines is 6. The van der Waals surface area contributed by atoms with E-state index in [9.17, 15) is 0 Å². The fraction of sp³-hybridized carbons (Fsp3) is 0.0339. The van der Waals surface area contributed by atoms with Crippen LogP contribution in [0.2, 0.25) is 0 Å². The number of aromatic nitrogens is 10. The average molecular weight is 1670 g/mol. The van der Waals surface area contributed by atoms with Gasteiger partial charge in [0.25, 0.3) is 0 Å². The van der Waals surface area contributed by atoms with E-state index in [1.165, 1.54) is 38.6 Å². The Hall–Kier alpha value is -17.2.